The highest BCUT2D eigenvalue weighted by Gasteiger charge is 2.14. The number of carbonyl (C=O) groups excluding carboxylic acids is 1. The molecule has 0 spiro atoms. The number of hydrogen-bond acceptors (Lipinski definition) is 3. The number of para-hydroxylation sites is 1. The van der Waals surface area contributed by atoms with Crippen molar-refractivity contribution in [3.8, 4) is 0 Å². The molecule has 6 heteroatoms. The summed E-state index contributed by atoms with van der Waals surface area (Å²) in [7, 11) is 0. The lowest BCUT2D eigenvalue weighted by atomic mass is 10.1. The lowest BCUT2D eigenvalue weighted by Crippen LogP contribution is -2.25. The number of aromatic nitrogens is 3. The van der Waals surface area contributed by atoms with Gasteiger partial charge in [0.1, 0.15) is 0 Å². The van der Waals surface area contributed by atoms with E-state index in [1.165, 1.54) is 16.5 Å². The van der Waals surface area contributed by atoms with Gasteiger partial charge in [0.05, 0.1) is 12.4 Å². The van der Waals surface area contributed by atoms with Crippen molar-refractivity contribution in [2.24, 2.45) is 5.73 Å². The van der Waals surface area contributed by atoms with Crippen LogP contribution in [0.15, 0.2) is 79.5 Å². The van der Waals surface area contributed by atoms with Gasteiger partial charge in [-0.1, -0.05) is 48.5 Å². The van der Waals surface area contributed by atoms with E-state index in [4.69, 9.17) is 5.73 Å². The van der Waals surface area contributed by atoms with E-state index >= 15 is 0 Å². The minimum absolute atomic E-state index is 0.151. The van der Waals surface area contributed by atoms with Crippen LogP contribution in [0.25, 0.3) is 10.9 Å². The summed E-state index contributed by atoms with van der Waals surface area (Å²) in [6, 6.07) is 18.9. The van der Waals surface area contributed by atoms with Crippen LogP contribution in [0.3, 0.4) is 0 Å². The van der Waals surface area contributed by atoms with Crippen LogP contribution >= 0.6 is 0 Å². The Labute approximate surface area is 170 Å². The normalized spacial score (nSPS) is 12.3. The second-order valence-corrected chi connectivity index (χ2v) is 7.18. The summed E-state index contributed by atoms with van der Waals surface area (Å²) in [5.74, 6) is -0.285. The number of aryl methyl sites for hydroxylation is 1. The van der Waals surface area contributed by atoms with Gasteiger partial charge in [-0.25, -0.2) is 4.98 Å². The van der Waals surface area contributed by atoms with Crippen molar-refractivity contribution in [3.05, 3.63) is 90.6 Å². The zero-order valence-corrected chi connectivity index (χ0v) is 16.2. The lowest BCUT2D eigenvalue weighted by Gasteiger charge is -2.20. The number of rotatable bonds is 9. The van der Waals surface area contributed by atoms with E-state index in [-0.39, 0.29) is 11.9 Å². The fourth-order valence-corrected chi connectivity index (χ4v) is 3.69. The maximum atomic E-state index is 11.2. The molecule has 1 unspecified atom stereocenters. The largest absolute Gasteiger partial charge is 0.370 e. The van der Waals surface area contributed by atoms with Crippen molar-refractivity contribution < 1.29 is 4.79 Å². The number of carbonyl (C=O) groups is 1. The van der Waals surface area contributed by atoms with Crippen LogP contribution < -0.4 is 11.1 Å². The van der Waals surface area contributed by atoms with E-state index in [9.17, 15) is 4.79 Å². The van der Waals surface area contributed by atoms with Crippen molar-refractivity contribution in [2.45, 2.75) is 32.1 Å². The molecular weight excluding hydrogens is 362 g/mol. The number of nitrogens with two attached hydrogens (primary N) is 1. The monoisotopic (exact) mass is 387 g/mol. The molecule has 29 heavy (non-hydrogen) atoms. The first-order valence-corrected chi connectivity index (χ1v) is 9.80. The van der Waals surface area contributed by atoms with Crippen LogP contribution in [0.1, 0.15) is 23.6 Å². The van der Waals surface area contributed by atoms with Crippen molar-refractivity contribution in [3.63, 3.8) is 0 Å². The standard InChI is InChI=1S/C23H25N5O/c24-23(29)10-12-28-15-19(20-8-4-5-9-22(20)28)14-26-21(16-27-13-11-25-17-27)18-6-2-1-3-7-18/h1-9,11,13,15,17,21,26H,10,12,14,16H2,(H2,24,29). The molecule has 2 heterocycles. The molecule has 0 bridgehead atoms. The van der Waals surface area contributed by atoms with Gasteiger partial charge in [0, 0.05) is 55.5 Å². The SMILES string of the molecule is NC(=O)CCn1cc(CNC(Cn2ccnc2)c2ccccc2)c2ccccc21. The van der Waals surface area contributed by atoms with E-state index < -0.39 is 0 Å². The molecule has 2 aromatic carbocycles. The number of hydrogen-bond donors (Lipinski definition) is 2. The average molecular weight is 387 g/mol. The summed E-state index contributed by atoms with van der Waals surface area (Å²) in [5, 5.41) is 4.90. The molecular formula is C23H25N5O. The molecule has 148 valence electrons. The average Bonchev–Trinajstić information content (AvgIpc) is 3.38. The van der Waals surface area contributed by atoms with Crippen LogP contribution in [-0.4, -0.2) is 20.0 Å². The third kappa shape index (κ3) is 4.55. The van der Waals surface area contributed by atoms with Crippen molar-refractivity contribution in [2.75, 3.05) is 0 Å². The molecule has 0 saturated carbocycles. The van der Waals surface area contributed by atoms with E-state index in [0.717, 1.165) is 18.6 Å². The lowest BCUT2D eigenvalue weighted by molar-refractivity contribution is -0.118. The summed E-state index contributed by atoms with van der Waals surface area (Å²) < 4.78 is 4.20. The summed E-state index contributed by atoms with van der Waals surface area (Å²) in [4.78, 5) is 15.4. The molecule has 0 aliphatic carbocycles. The Hall–Kier alpha value is -3.38. The molecule has 3 N–H and O–H groups in total. The Morgan fingerprint density at radius 3 is 2.66 bits per heavy atom. The van der Waals surface area contributed by atoms with Crippen LogP contribution in [0, 0.1) is 0 Å². The van der Waals surface area contributed by atoms with Gasteiger partial charge in [-0.3, -0.25) is 4.79 Å². The summed E-state index contributed by atoms with van der Waals surface area (Å²) >= 11 is 0. The van der Waals surface area contributed by atoms with Crippen molar-refractivity contribution in [1.29, 1.82) is 0 Å². The highest BCUT2D eigenvalue weighted by molar-refractivity contribution is 5.84. The molecule has 0 fully saturated rings. The fourth-order valence-electron chi connectivity index (χ4n) is 3.69. The summed E-state index contributed by atoms with van der Waals surface area (Å²) in [6.45, 7) is 2.11. The number of nitrogens with one attached hydrogen (secondary N) is 1. The van der Waals surface area contributed by atoms with Gasteiger partial charge in [0.2, 0.25) is 5.91 Å². The molecule has 0 aliphatic rings. The van der Waals surface area contributed by atoms with Gasteiger partial charge < -0.3 is 20.2 Å². The molecule has 0 aliphatic heterocycles. The second kappa shape index (κ2) is 8.75. The molecule has 1 atom stereocenters. The maximum absolute atomic E-state index is 11.2. The van der Waals surface area contributed by atoms with E-state index in [1.807, 2.05) is 30.7 Å². The Kier molecular flexibility index (Phi) is 5.72. The molecule has 2 aromatic heterocycles. The van der Waals surface area contributed by atoms with Crippen LogP contribution in [-0.2, 0) is 24.4 Å². The van der Waals surface area contributed by atoms with Gasteiger partial charge in [-0.2, -0.15) is 0 Å². The van der Waals surface area contributed by atoms with Gasteiger partial charge in [-0.05, 0) is 17.2 Å². The highest BCUT2D eigenvalue weighted by atomic mass is 16.1. The maximum Gasteiger partial charge on any atom is 0.219 e. The van der Waals surface area contributed by atoms with Crippen LogP contribution in [0.4, 0.5) is 0 Å². The number of nitrogens with zero attached hydrogens (tertiary/aromatic N) is 3. The second-order valence-electron chi connectivity index (χ2n) is 7.18. The molecule has 0 saturated heterocycles. The fraction of sp³-hybridized carbons (Fsp3) is 0.217. The minimum atomic E-state index is -0.285. The molecule has 1 amide bonds. The topological polar surface area (TPSA) is 77.9 Å². The Balaban J connectivity index is 1.57. The first-order valence-electron chi connectivity index (χ1n) is 9.80. The minimum Gasteiger partial charge on any atom is -0.370 e. The molecule has 0 radical (unpaired) electrons. The first kappa shape index (κ1) is 19.0. The third-order valence-corrected chi connectivity index (χ3v) is 5.16. The zero-order valence-electron chi connectivity index (χ0n) is 16.2. The highest BCUT2D eigenvalue weighted by Crippen LogP contribution is 2.23. The Bertz CT molecular complexity index is 1070. The van der Waals surface area contributed by atoms with E-state index in [2.05, 4.69) is 62.0 Å². The van der Waals surface area contributed by atoms with Crippen molar-refractivity contribution >= 4 is 16.8 Å². The number of primary amides is 1. The number of amides is 1. The number of benzene rings is 2. The van der Waals surface area contributed by atoms with E-state index in [1.54, 1.807) is 6.20 Å². The summed E-state index contributed by atoms with van der Waals surface area (Å²) in [6.07, 6.45) is 8.08. The zero-order chi connectivity index (χ0) is 20.1. The van der Waals surface area contributed by atoms with Gasteiger partial charge in [-0.15, -0.1) is 0 Å². The van der Waals surface area contributed by atoms with Gasteiger partial charge in [0.25, 0.3) is 0 Å². The predicted octanol–water partition coefficient (Wildman–Crippen LogP) is 3.24. The molecule has 4 aromatic rings. The van der Waals surface area contributed by atoms with Gasteiger partial charge in [0.15, 0.2) is 0 Å². The summed E-state index contributed by atoms with van der Waals surface area (Å²) in [5.41, 5.74) is 8.91. The van der Waals surface area contributed by atoms with E-state index in [0.29, 0.717) is 13.0 Å². The Morgan fingerprint density at radius 2 is 1.90 bits per heavy atom. The first-order chi connectivity index (χ1) is 14.2. The molecule has 4 rings (SSSR count). The number of imidazole rings is 1. The quantitative estimate of drug-likeness (QED) is 0.463. The Morgan fingerprint density at radius 1 is 1.10 bits per heavy atom. The predicted molar refractivity (Wildman–Crippen MR) is 114 cm³/mol. The van der Waals surface area contributed by atoms with Crippen molar-refractivity contribution in [1.82, 2.24) is 19.4 Å². The van der Waals surface area contributed by atoms with Crippen LogP contribution in [0.5, 0.6) is 0 Å². The smallest absolute Gasteiger partial charge is 0.219 e. The van der Waals surface area contributed by atoms with Crippen LogP contribution in [0.2, 0.25) is 0 Å². The van der Waals surface area contributed by atoms with Gasteiger partial charge >= 0.3 is 0 Å². The molecule has 6 nitrogen and oxygen atoms in total. The third-order valence-electron chi connectivity index (χ3n) is 5.16. The number of fused-ring (bicyclic) bond motifs is 1.